The van der Waals surface area contributed by atoms with E-state index in [1.54, 1.807) is 0 Å². The van der Waals surface area contributed by atoms with Gasteiger partial charge in [0.1, 0.15) is 17.5 Å². The second-order valence-electron chi connectivity index (χ2n) is 6.39. The Balaban J connectivity index is 1.63. The summed E-state index contributed by atoms with van der Waals surface area (Å²) in [6.45, 7) is 1.53. The Kier molecular flexibility index (Phi) is 4.13. The average molecular weight is 343 g/mol. The number of amidine groups is 1. The molecule has 130 valence electrons. The molecule has 0 aromatic heterocycles. The van der Waals surface area contributed by atoms with E-state index in [4.69, 9.17) is 9.73 Å². The Hall–Kier alpha value is -2.47. The summed E-state index contributed by atoms with van der Waals surface area (Å²) in [4.78, 5) is 4.78. The fourth-order valence-corrected chi connectivity index (χ4v) is 3.36. The van der Waals surface area contributed by atoms with Crippen LogP contribution in [-0.4, -0.2) is 24.6 Å². The van der Waals surface area contributed by atoms with Crippen LogP contribution in [-0.2, 0) is 11.3 Å². The lowest BCUT2D eigenvalue weighted by molar-refractivity contribution is 0.0771. The number of halogens is 2. The summed E-state index contributed by atoms with van der Waals surface area (Å²) < 4.78 is 32.5. The Morgan fingerprint density at radius 3 is 2.72 bits per heavy atom. The summed E-state index contributed by atoms with van der Waals surface area (Å²) in [6.07, 6.45) is 1.55. The Labute approximate surface area is 144 Å². The second-order valence-corrected chi connectivity index (χ2v) is 6.39. The van der Waals surface area contributed by atoms with Gasteiger partial charge in [-0.05, 0) is 18.2 Å². The maximum Gasteiger partial charge on any atom is 0.131 e. The summed E-state index contributed by atoms with van der Waals surface area (Å²) in [5, 5.41) is 6.86. The zero-order valence-corrected chi connectivity index (χ0v) is 13.7. The van der Waals surface area contributed by atoms with Crippen molar-refractivity contribution in [3.63, 3.8) is 0 Å². The number of hydrogen-bond donors (Lipinski definition) is 2. The van der Waals surface area contributed by atoms with E-state index in [9.17, 15) is 8.78 Å². The highest BCUT2D eigenvalue weighted by Gasteiger charge is 2.40. The van der Waals surface area contributed by atoms with E-state index >= 15 is 0 Å². The largest absolute Gasteiger partial charge is 0.381 e. The Bertz CT molecular complexity index is 816. The highest BCUT2D eigenvalue weighted by Crippen LogP contribution is 2.37. The molecule has 0 amide bonds. The molecule has 2 N–H and O–H groups in total. The fourth-order valence-electron chi connectivity index (χ4n) is 3.36. The van der Waals surface area contributed by atoms with Crippen LogP contribution in [0.3, 0.4) is 0 Å². The van der Waals surface area contributed by atoms with Gasteiger partial charge in [-0.15, -0.1) is 0 Å². The highest BCUT2D eigenvalue weighted by atomic mass is 19.1. The number of fused-ring (bicyclic) bond motifs is 1. The molecule has 25 heavy (non-hydrogen) atoms. The molecule has 4 rings (SSSR count). The zero-order chi connectivity index (χ0) is 17.3. The third kappa shape index (κ3) is 3.09. The average Bonchev–Trinajstić information content (AvgIpc) is 2.62. The SMILES string of the molecule is Fc1ccc(CNC2=Nc3ccccc3NC23CCOCC3)c(F)c1. The molecule has 0 bridgehead atoms. The normalized spacial score (nSPS) is 18.2. The number of benzene rings is 2. The monoisotopic (exact) mass is 343 g/mol. The Morgan fingerprint density at radius 2 is 1.92 bits per heavy atom. The predicted molar refractivity (Wildman–Crippen MR) is 93.1 cm³/mol. The van der Waals surface area contributed by atoms with Gasteiger partial charge in [0.05, 0.1) is 16.9 Å². The fraction of sp³-hybridized carbons (Fsp3) is 0.316. The third-order valence-corrected chi connectivity index (χ3v) is 4.77. The first-order valence-corrected chi connectivity index (χ1v) is 8.38. The van der Waals surface area contributed by atoms with Gasteiger partial charge >= 0.3 is 0 Å². The summed E-state index contributed by atoms with van der Waals surface area (Å²) in [6, 6.07) is 11.5. The molecule has 0 unspecified atom stereocenters. The van der Waals surface area contributed by atoms with Gasteiger partial charge in [-0.3, -0.25) is 0 Å². The van der Waals surface area contributed by atoms with E-state index in [0.29, 0.717) is 18.8 Å². The molecule has 0 radical (unpaired) electrons. The van der Waals surface area contributed by atoms with Crippen LogP contribution in [0.4, 0.5) is 20.2 Å². The van der Waals surface area contributed by atoms with Crippen LogP contribution >= 0.6 is 0 Å². The smallest absolute Gasteiger partial charge is 0.131 e. The molecule has 0 atom stereocenters. The Morgan fingerprint density at radius 1 is 1.12 bits per heavy atom. The van der Waals surface area contributed by atoms with Crippen molar-refractivity contribution in [2.45, 2.75) is 24.9 Å². The van der Waals surface area contributed by atoms with E-state index in [0.717, 1.165) is 36.1 Å². The van der Waals surface area contributed by atoms with Crippen LogP contribution in [0.2, 0.25) is 0 Å². The van der Waals surface area contributed by atoms with Crippen LogP contribution in [0.5, 0.6) is 0 Å². The first kappa shape index (κ1) is 16.0. The molecule has 2 aliphatic rings. The molecule has 6 heteroatoms. The van der Waals surface area contributed by atoms with Gasteiger partial charge in [0.25, 0.3) is 0 Å². The summed E-state index contributed by atoms with van der Waals surface area (Å²) >= 11 is 0. The summed E-state index contributed by atoms with van der Waals surface area (Å²) in [5.41, 5.74) is 1.90. The van der Waals surface area contributed by atoms with Crippen LogP contribution in [0, 0.1) is 11.6 Å². The molecule has 2 aromatic rings. The van der Waals surface area contributed by atoms with Crippen molar-refractivity contribution >= 4 is 17.2 Å². The molecule has 2 aromatic carbocycles. The van der Waals surface area contributed by atoms with Gasteiger partial charge in [-0.1, -0.05) is 18.2 Å². The topological polar surface area (TPSA) is 45.7 Å². The van der Waals surface area contributed by atoms with Gasteiger partial charge < -0.3 is 15.4 Å². The molecule has 0 saturated carbocycles. The van der Waals surface area contributed by atoms with Crippen molar-refractivity contribution in [3.8, 4) is 0 Å². The minimum atomic E-state index is -0.576. The molecule has 2 heterocycles. The van der Waals surface area contributed by atoms with Crippen molar-refractivity contribution < 1.29 is 13.5 Å². The highest BCUT2D eigenvalue weighted by molar-refractivity contribution is 6.00. The van der Waals surface area contributed by atoms with E-state index in [2.05, 4.69) is 10.6 Å². The molecule has 1 saturated heterocycles. The number of aliphatic imine (C=N–C) groups is 1. The van der Waals surface area contributed by atoms with Crippen LogP contribution in [0.15, 0.2) is 47.5 Å². The van der Waals surface area contributed by atoms with Gasteiger partial charge in [-0.25, -0.2) is 13.8 Å². The maximum absolute atomic E-state index is 13.9. The van der Waals surface area contributed by atoms with Crippen molar-refractivity contribution in [1.82, 2.24) is 5.32 Å². The molecular weight excluding hydrogens is 324 g/mol. The first-order valence-electron chi connectivity index (χ1n) is 8.38. The van der Waals surface area contributed by atoms with E-state index in [1.807, 2.05) is 24.3 Å². The van der Waals surface area contributed by atoms with E-state index in [-0.39, 0.29) is 12.1 Å². The maximum atomic E-state index is 13.9. The molecule has 4 nitrogen and oxygen atoms in total. The predicted octanol–water partition coefficient (Wildman–Crippen LogP) is 3.76. The number of nitrogens with one attached hydrogen (secondary N) is 2. The number of rotatable bonds is 2. The lowest BCUT2D eigenvalue weighted by atomic mass is 9.86. The van der Waals surface area contributed by atoms with Crippen molar-refractivity contribution in [3.05, 3.63) is 59.7 Å². The molecule has 0 aliphatic carbocycles. The summed E-state index contributed by atoms with van der Waals surface area (Å²) in [7, 11) is 0. The lowest BCUT2D eigenvalue weighted by Gasteiger charge is -2.42. The van der Waals surface area contributed by atoms with Crippen molar-refractivity contribution in [2.24, 2.45) is 4.99 Å². The van der Waals surface area contributed by atoms with Gasteiger partial charge in [0.15, 0.2) is 0 Å². The summed E-state index contributed by atoms with van der Waals surface area (Å²) in [5.74, 6) is -0.357. The number of para-hydroxylation sites is 2. The van der Waals surface area contributed by atoms with Gasteiger partial charge in [0, 0.05) is 44.2 Å². The molecule has 1 fully saturated rings. The van der Waals surface area contributed by atoms with Gasteiger partial charge in [0.2, 0.25) is 0 Å². The minimum Gasteiger partial charge on any atom is -0.381 e. The second kappa shape index (κ2) is 6.44. The van der Waals surface area contributed by atoms with Crippen molar-refractivity contribution in [2.75, 3.05) is 18.5 Å². The number of anilines is 1. The number of hydrogen-bond acceptors (Lipinski definition) is 4. The molecule has 1 spiro atoms. The zero-order valence-electron chi connectivity index (χ0n) is 13.7. The van der Waals surface area contributed by atoms with Crippen LogP contribution in [0.1, 0.15) is 18.4 Å². The van der Waals surface area contributed by atoms with Crippen LogP contribution in [0.25, 0.3) is 0 Å². The van der Waals surface area contributed by atoms with E-state index < -0.39 is 11.6 Å². The van der Waals surface area contributed by atoms with Gasteiger partial charge in [-0.2, -0.15) is 0 Å². The first-order chi connectivity index (χ1) is 12.2. The molecule has 2 aliphatic heterocycles. The minimum absolute atomic E-state index is 0.247. The quantitative estimate of drug-likeness (QED) is 0.873. The lowest BCUT2D eigenvalue weighted by Crippen LogP contribution is -2.56. The van der Waals surface area contributed by atoms with Crippen LogP contribution < -0.4 is 10.6 Å². The third-order valence-electron chi connectivity index (χ3n) is 4.77. The van der Waals surface area contributed by atoms with E-state index in [1.165, 1.54) is 12.1 Å². The number of nitrogens with zero attached hydrogens (tertiary/aromatic N) is 1. The molecular formula is C19H19F2N3O. The standard InChI is InChI=1S/C19H19F2N3O/c20-14-6-5-13(15(21)11-14)12-22-18-19(7-9-25-10-8-19)24-17-4-2-1-3-16(17)23-18/h1-6,11,24H,7-10,12H2,(H,22,23). The number of ether oxygens (including phenoxy) is 1. The van der Waals surface area contributed by atoms with Crippen molar-refractivity contribution in [1.29, 1.82) is 0 Å².